The molecule has 154 valence electrons. The van der Waals surface area contributed by atoms with Crippen molar-refractivity contribution in [2.75, 3.05) is 0 Å². The van der Waals surface area contributed by atoms with Crippen LogP contribution >= 0.6 is 11.3 Å². The fourth-order valence-electron chi connectivity index (χ4n) is 3.35. The fraction of sp³-hybridized carbons (Fsp3) is 0.217. The molecule has 1 unspecified atom stereocenters. The van der Waals surface area contributed by atoms with Crippen molar-refractivity contribution in [1.29, 1.82) is 0 Å². The minimum Gasteiger partial charge on any atom is -0.479 e. The molecule has 30 heavy (non-hydrogen) atoms. The molecule has 0 fully saturated rings. The third-order valence-electron chi connectivity index (χ3n) is 4.86. The molecule has 0 saturated carbocycles. The van der Waals surface area contributed by atoms with Crippen LogP contribution in [-0.4, -0.2) is 26.7 Å². The average molecular weight is 424 g/mol. The molecule has 0 amide bonds. The van der Waals surface area contributed by atoms with Crippen LogP contribution in [0, 0.1) is 5.82 Å². The molecular formula is C23H21FN2O3S. The Morgan fingerprint density at radius 3 is 2.70 bits per heavy atom. The van der Waals surface area contributed by atoms with Gasteiger partial charge in [0.2, 0.25) is 0 Å². The largest absolute Gasteiger partial charge is 0.479 e. The van der Waals surface area contributed by atoms with E-state index in [9.17, 15) is 14.3 Å². The van der Waals surface area contributed by atoms with Crippen molar-refractivity contribution in [3.05, 3.63) is 65.1 Å². The molecule has 0 bridgehead atoms. The first kappa shape index (κ1) is 20.1. The number of imidazole rings is 1. The van der Waals surface area contributed by atoms with Gasteiger partial charge in [-0.25, -0.2) is 14.2 Å². The first-order chi connectivity index (χ1) is 14.6. The SMILES string of the molecule is CCCCC(Oc1ccc2nc(-c3ccsc3)n(-c3ccc(F)cc3)c2c1)C(=O)O. The molecule has 0 aliphatic rings. The molecule has 1 atom stereocenters. The first-order valence-corrected chi connectivity index (χ1v) is 10.7. The van der Waals surface area contributed by atoms with E-state index in [2.05, 4.69) is 0 Å². The van der Waals surface area contributed by atoms with Gasteiger partial charge in [0.25, 0.3) is 0 Å². The van der Waals surface area contributed by atoms with Gasteiger partial charge >= 0.3 is 5.97 Å². The lowest BCUT2D eigenvalue weighted by molar-refractivity contribution is -0.145. The maximum atomic E-state index is 13.5. The number of carbonyl (C=O) groups is 1. The Bertz CT molecular complexity index is 1150. The van der Waals surface area contributed by atoms with Crippen molar-refractivity contribution in [1.82, 2.24) is 9.55 Å². The van der Waals surface area contributed by atoms with Crippen LogP contribution in [0.5, 0.6) is 5.75 Å². The van der Waals surface area contributed by atoms with Gasteiger partial charge in [-0.05, 0) is 60.7 Å². The number of unbranched alkanes of at least 4 members (excludes halogenated alkanes) is 1. The summed E-state index contributed by atoms with van der Waals surface area (Å²) < 4.78 is 21.2. The fourth-order valence-corrected chi connectivity index (χ4v) is 3.99. The zero-order valence-corrected chi connectivity index (χ0v) is 17.2. The summed E-state index contributed by atoms with van der Waals surface area (Å²) in [6, 6.07) is 13.5. The summed E-state index contributed by atoms with van der Waals surface area (Å²) in [6.45, 7) is 2.01. The minimum atomic E-state index is -0.977. The number of aliphatic carboxylic acids is 1. The predicted octanol–water partition coefficient (Wildman–Crippen LogP) is 5.92. The normalized spacial score (nSPS) is 12.2. The third-order valence-corrected chi connectivity index (χ3v) is 5.55. The number of carboxylic acids is 1. The molecule has 0 saturated heterocycles. The molecule has 0 aliphatic heterocycles. The van der Waals surface area contributed by atoms with Gasteiger partial charge in [-0.3, -0.25) is 4.57 Å². The standard InChI is InChI=1S/C23H21FN2O3S/c1-2-3-4-21(23(27)28)29-18-9-10-19-20(13-18)26(17-7-5-16(24)6-8-17)22(25-19)15-11-12-30-14-15/h5-14,21H,2-4H2,1H3,(H,27,28). The van der Waals surface area contributed by atoms with E-state index in [4.69, 9.17) is 9.72 Å². The number of nitrogens with zero attached hydrogens (tertiary/aromatic N) is 2. The zero-order valence-electron chi connectivity index (χ0n) is 16.4. The molecule has 5 nitrogen and oxygen atoms in total. The highest BCUT2D eigenvalue weighted by Crippen LogP contribution is 2.32. The maximum absolute atomic E-state index is 13.5. The van der Waals surface area contributed by atoms with Crippen molar-refractivity contribution in [2.24, 2.45) is 0 Å². The summed E-state index contributed by atoms with van der Waals surface area (Å²) in [6.07, 6.45) is 1.21. The molecule has 0 radical (unpaired) electrons. The number of thiophene rings is 1. The third kappa shape index (κ3) is 4.07. The van der Waals surface area contributed by atoms with Crippen LogP contribution in [0.1, 0.15) is 26.2 Å². The van der Waals surface area contributed by atoms with Crippen LogP contribution in [0.4, 0.5) is 4.39 Å². The molecule has 2 aromatic carbocycles. The molecule has 0 spiro atoms. The number of fused-ring (bicyclic) bond motifs is 1. The number of aromatic nitrogens is 2. The number of ether oxygens (including phenoxy) is 1. The Balaban J connectivity index is 1.81. The number of benzene rings is 2. The summed E-state index contributed by atoms with van der Waals surface area (Å²) in [5, 5.41) is 13.5. The Morgan fingerprint density at radius 1 is 1.23 bits per heavy atom. The molecule has 1 N–H and O–H groups in total. The van der Waals surface area contributed by atoms with Crippen LogP contribution in [-0.2, 0) is 4.79 Å². The summed E-state index contributed by atoms with van der Waals surface area (Å²) in [5.74, 6) is -0.0963. The molecule has 4 aromatic rings. The van der Waals surface area contributed by atoms with E-state index in [1.54, 1.807) is 35.6 Å². The number of halogens is 1. The predicted molar refractivity (Wildman–Crippen MR) is 116 cm³/mol. The van der Waals surface area contributed by atoms with Gasteiger partial charge in [-0.15, -0.1) is 0 Å². The number of hydrogen-bond donors (Lipinski definition) is 1. The Labute approximate surface area is 177 Å². The van der Waals surface area contributed by atoms with Crippen molar-refractivity contribution in [2.45, 2.75) is 32.3 Å². The number of carboxylic acid groups (broad SMARTS) is 1. The van der Waals surface area contributed by atoms with E-state index in [1.165, 1.54) is 12.1 Å². The highest BCUT2D eigenvalue weighted by molar-refractivity contribution is 7.08. The second kappa shape index (κ2) is 8.67. The zero-order chi connectivity index (χ0) is 21.1. The lowest BCUT2D eigenvalue weighted by atomic mass is 10.1. The monoisotopic (exact) mass is 424 g/mol. The van der Waals surface area contributed by atoms with Crippen LogP contribution in [0.15, 0.2) is 59.3 Å². The van der Waals surface area contributed by atoms with Crippen molar-refractivity contribution in [3.8, 4) is 22.8 Å². The van der Waals surface area contributed by atoms with E-state index in [-0.39, 0.29) is 5.82 Å². The van der Waals surface area contributed by atoms with Crippen LogP contribution in [0.2, 0.25) is 0 Å². The Hall–Kier alpha value is -3.19. The van der Waals surface area contributed by atoms with Crippen molar-refractivity contribution < 1.29 is 19.0 Å². The molecule has 0 aliphatic carbocycles. The van der Waals surface area contributed by atoms with Gasteiger partial charge in [-0.1, -0.05) is 13.3 Å². The van der Waals surface area contributed by atoms with E-state index < -0.39 is 12.1 Å². The Morgan fingerprint density at radius 2 is 2.03 bits per heavy atom. The average Bonchev–Trinajstić information content (AvgIpc) is 3.39. The van der Waals surface area contributed by atoms with E-state index in [1.807, 2.05) is 34.4 Å². The lowest BCUT2D eigenvalue weighted by Gasteiger charge is -2.15. The first-order valence-electron chi connectivity index (χ1n) is 9.77. The summed E-state index contributed by atoms with van der Waals surface area (Å²) >= 11 is 1.57. The second-order valence-corrected chi connectivity index (χ2v) is 7.78. The van der Waals surface area contributed by atoms with Gasteiger partial charge in [0, 0.05) is 22.7 Å². The minimum absolute atomic E-state index is 0.315. The van der Waals surface area contributed by atoms with Gasteiger partial charge in [0.05, 0.1) is 11.0 Å². The van der Waals surface area contributed by atoms with E-state index in [0.29, 0.717) is 12.2 Å². The summed E-state index contributed by atoms with van der Waals surface area (Å²) in [7, 11) is 0. The van der Waals surface area contributed by atoms with Gasteiger partial charge in [0.1, 0.15) is 17.4 Å². The highest BCUT2D eigenvalue weighted by Gasteiger charge is 2.20. The van der Waals surface area contributed by atoms with Crippen LogP contribution in [0.25, 0.3) is 28.1 Å². The van der Waals surface area contributed by atoms with Crippen LogP contribution in [0.3, 0.4) is 0 Å². The second-order valence-electron chi connectivity index (χ2n) is 7.00. The Kier molecular flexibility index (Phi) is 5.81. The maximum Gasteiger partial charge on any atom is 0.344 e. The van der Waals surface area contributed by atoms with Crippen molar-refractivity contribution >= 4 is 28.3 Å². The number of hydrogen-bond acceptors (Lipinski definition) is 4. The van der Waals surface area contributed by atoms with E-state index >= 15 is 0 Å². The number of rotatable bonds is 8. The highest BCUT2D eigenvalue weighted by atomic mass is 32.1. The van der Waals surface area contributed by atoms with Crippen molar-refractivity contribution in [3.63, 3.8) is 0 Å². The topological polar surface area (TPSA) is 64.4 Å². The molecule has 7 heteroatoms. The smallest absolute Gasteiger partial charge is 0.344 e. The van der Waals surface area contributed by atoms with Crippen LogP contribution < -0.4 is 4.74 Å². The van der Waals surface area contributed by atoms with E-state index in [0.717, 1.165) is 41.0 Å². The summed E-state index contributed by atoms with van der Waals surface area (Å²) in [5.41, 5.74) is 3.22. The van der Waals surface area contributed by atoms with Gasteiger partial charge in [-0.2, -0.15) is 11.3 Å². The summed E-state index contributed by atoms with van der Waals surface area (Å²) in [4.78, 5) is 16.3. The van der Waals surface area contributed by atoms with Gasteiger partial charge in [0.15, 0.2) is 6.10 Å². The molecule has 2 heterocycles. The molecule has 2 aromatic heterocycles. The molecular weight excluding hydrogens is 403 g/mol. The lowest BCUT2D eigenvalue weighted by Crippen LogP contribution is -2.26. The quantitative estimate of drug-likeness (QED) is 0.382. The molecule has 4 rings (SSSR count). The van der Waals surface area contributed by atoms with Gasteiger partial charge < -0.3 is 9.84 Å².